The van der Waals surface area contributed by atoms with Gasteiger partial charge in [0.05, 0.1) is 5.41 Å². The van der Waals surface area contributed by atoms with Crippen molar-refractivity contribution in [3.63, 3.8) is 0 Å². The van der Waals surface area contributed by atoms with Gasteiger partial charge >= 0.3 is 6.03 Å². The van der Waals surface area contributed by atoms with Crippen molar-refractivity contribution in [1.82, 2.24) is 5.32 Å². The summed E-state index contributed by atoms with van der Waals surface area (Å²) in [5.41, 5.74) is 4.92. The number of carbonyl (C=O) groups is 2. The van der Waals surface area contributed by atoms with E-state index in [9.17, 15) is 9.59 Å². The second-order valence-electron chi connectivity index (χ2n) is 7.51. The van der Waals surface area contributed by atoms with Gasteiger partial charge in [-0.15, -0.1) is 0 Å². The largest absolute Gasteiger partial charge is 0.341 e. The zero-order chi connectivity index (χ0) is 18.9. The van der Waals surface area contributed by atoms with Crippen LogP contribution in [-0.4, -0.2) is 19.0 Å². The number of anilines is 2. The summed E-state index contributed by atoms with van der Waals surface area (Å²) >= 11 is 0. The lowest BCUT2D eigenvalue weighted by Crippen LogP contribution is -2.46. The molecule has 0 unspecified atom stereocenters. The molecule has 1 saturated carbocycles. The fourth-order valence-electron chi connectivity index (χ4n) is 4.14. The zero-order valence-electron chi connectivity index (χ0n) is 15.6. The van der Waals surface area contributed by atoms with E-state index < -0.39 is 5.41 Å². The molecule has 2 aliphatic rings. The molecule has 27 heavy (non-hydrogen) atoms. The minimum atomic E-state index is -0.468. The van der Waals surface area contributed by atoms with Gasteiger partial charge in [0.15, 0.2) is 0 Å². The molecule has 5 nitrogen and oxygen atoms in total. The molecule has 2 aliphatic carbocycles. The van der Waals surface area contributed by atoms with E-state index in [1.54, 1.807) is 7.05 Å². The van der Waals surface area contributed by atoms with Crippen LogP contribution in [0.25, 0.3) is 0 Å². The van der Waals surface area contributed by atoms with Gasteiger partial charge in [0.1, 0.15) is 0 Å². The first kappa shape index (κ1) is 17.6. The lowest BCUT2D eigenvalue weighted by atomic mass is 9.63. The van der Waals surface area contributed by atoms with E-state index in [-0.39, 0.29) is 11.9 Å². The van der Waals surface area contributed by atoms with Gasteiger partial charge in [-0.2, -0.15) is 0 Å². The standard InChI is InChI=1S/C22H25N3O2/c1-23-21(27)25-18-10-7-17(8-11-18)22(12-3-13-22)20(26)24-19-9-6-15-4-2-5-16(15)14-19/h6-11,14H,2-5,12-13H2,1H3,(H,24,26)(H2,23,25,27). The van der Waals surface area contributed by atoms with Gasteiger partial charge in [-0.1, -0.05) is 24.6 Å². The third-order valence-corrected chi connectivity index (χ3v) is 5.92. The number of benzene rings is 2. The van der Waals surface area contributed by atoms with Crippen LogP contribution in [0, 0.1) is 0 Å². The number of amides is 3. The first-order chi connectivity index (χ1) is 13.1. The van der Waals surface area contributed by atoms with Crippen LogP contribution in [0.3, 0.4) is 0 Å². The van der Waals surface area contributed by atoms with Gasteiger partial charge in [0.2, 0.25) is 5.91 Å². The number of hydrogen-bond donors (Lipinski definition) is 3. The Morgan fingerprint density at radius 3 is 2.22 bits per heavy atom. The molecule has 0 radical (unpaired) electrons. The molecule has 1 fully saturated rings. The molecule has 0 aliphatic heterocycles. The molecule has 0 aromatic heterocycles. The summed E-state index contributed by atoms with van der Waals surface area (Å²) < 4.78 is 0. The lowest BCUT2D eigenvalue weighted by molar-refractivity contribution is -0.124. The average Bonchev–Trinajstić information content (AvgIpc) is 3.10. The summed E-state index contributed by atoms with van der Waals surface area (Å²) in [5, 5.41) is 8.43. The van der Waals surface area contributed by atoms with E-state index in [2.05, 4.69) is 28.1 Å². The Balaban J connectivity index is 1.51. The van der Waals surface area contributed by atoms with E-state index in [4.69, 9.17) is 0 Å². The van der Waals surface area contributed by atoms with Gasteiger partial charge in [0, 0.05) is 18.4 Å². The second-order valence-corrected chi connectivity index (χ2v) is 7.51. The van der Waals surface area contributed by atoms with Gasteiger partial charge in [-0.25, -0.2) is 4.79 Å². The number of rotatable bonds is 4. The van der Waals surface area contributed by atoms with Crippen LogP contribution in [0.2, 0.25) is 0 Å². The molecule has 0 atom stereocenters. The highest BCUT2D eigenvalue weighted by atomic mass is 16.2. The van der Waals surface area contributed by atoms with Crippen molar-refractivity contribution in [3.05, 3.63) is 59.2 Å². The lowest BCUT2D eigenvalue weighted by Gasteiger charge is -2.40. The molecule has 0 heterocycles. The highest BCUT2D eigenvalue weighted by molar-refractivity contribution is 6.00. The molecule has 2 aromatic carbocycles. The molecular formula is C22H25N3O2. The van der Waals surface area contributed by atoms with Gasteiger partial charge in [-0.05, 0) is 73.1 Å². The first-order valence-corrected chi connectivity index (χ1v) is 9.63. The highest BCUT2D eigenvalue weighted by Crippen LogP contribution is 2.45. The third-order valence-electron chi connectivity index (χ3n) is 5.92. The average molecular weight is 363 g/mol. The van der Waals surface area contributed by atoms with Crippen molar-refractivity contribution in [2.75, 3.05) is 17.7 Å². The van der Waals surface area contributed by atoms with E-state index >= 15 is 0 Å². The van der Waals surface area contributed by atoms with Crippen molar-refractivity contribution in [2.24, 2.45) is 0 Å². The number of nitrogens with one attached hydrogen (secondary N) is 3. The van der Waals surface area contributed by atoms with Crippen LogP contribution < -0.4 is 16.0 Å². The van der Waals surface area contributed by atoms with Gasteiger partial charge in [0.25, 0.3) is 0 Å². The summed E-state index contributed by atoms with van der Waals surface area (Å²) in [5.74, 6) is 0.0682. The molecule has 4 rings (SSSR count). The minimum Gasteiger partial charge on any atom is -0.341 e. The fraction of sp³-hybridized carbons (Fsp3) is 0.364. The minimum absolute atomic E-state index is 0.0682. The molecule has 140 valence electrons. The van der Waals surface area contributed by atoms with Gasteiger partial charge < -0.3 is 16.0 Å². The topological polar surface area (TPSA) is 70.2 Å². The van der Waals surface area contributed by atoms with Crippen molar-refractivity contribution in [1.29, 1.82) is 0 Å². The predicted octanol–water partition coefficient (Wildman–Crippen LogP) is 3.99. The smallest absolute Gasteiger partial charge is 0.318 e. The molecular weight excluding hydrogens is 338 g/mol. The van der Waals surface area contributed by atoms with Crippen molar-refractivity contribution < 1.29 is 9.59 Å². The molecule has 2 aromatic rings. The summed E-state index contributed by atoms with van der Waals surface area (Å²) in [7, 11) is 1.58. The van der Waals surface area contributed by atoms with Crippen LogP contribution in [0.1, 0.15) is 42.4 Å². The Morgan fingerprint density at radius 1 is 0.852 bits per heavy atom. The molecule has 0 spiro atoms. The van der Waals surface area contributed by atoms with Crippen molar-refractivity contribution in [3.8, 4) is 0 Å². The Morgan fingerprint density at radius 2 is 1.56 bits per heavy atom. The molecule has 3 amide bonds. The van der Waals surface area contributed by atoms with Gasteiger partial charge in [-0.3, -0.25) is 4.79 Å². The van der Waals surface area contributed by atoms with E-state index in [1.165, 1.54) is 17.5 Å². The monoisotopic (exact) mass is 363 g/mol. The van der Waals surface area contributed by atoms with Crippen molar-refractivity contribution in [2.45, 2.75) is 43.9 Å². The summed E-state index contributed by atoms with van der Waals surface area (Å²) in [4.78, 5) is 24.6. The second kappa shape index (κ2) is 7.06. The molecule has 0 saturated heterocycles. The predicted molar refractivity (Wildman–Crippen MR) is 107 cm³/mol. The van der Waals surface area contributed by atoms with E-state index in [0.717, 1.165) is 43.4 Å². The first-order valence-electron chi connectivity index (χ1n) is 9.63. The summed E-state index contributed by atoms with van der Waals surface area (Å²) in [6.45, 7) is 0. The summed E-state index contributed by atoms with van der Waals surface area (Å²) in [6, 6.07) is 13.6. The Hall–Kier alpha value is -2.82. The Kier molecular flexibility index (Phi) is 4.60. The maximum atomic E-state index is 13.1. The number of carbonyl (C=O) groups excluding carboxylic acids is 2. The molecule has 5 heteroatoms. The SMILES string of the molecule is CNC(=O)Nc1ccc(C2(C(=O)Nc3ccc4c(c3)CCC4)CCC2)cc1. The maximum Gasteiger partial charge on any atom is 0.318 e. The summed E-state index contributed by atoms with van der Waals surface area (Å²) in [6.07, 6.45) is 6.20. The van der Waals surface area contributed by atoms with E-state index in [1.807, 2.05) is 30.3 Å². The van der Waals surface area contributed by atoms with Crippen LogP contribution in [-0.2, 0) is 23.1 Å². The zero-order valence-corrected chi connectivity index (χ0v) is 15.6. The number of hydrogen-bond acceptors (Lipinski definition) is 2. The van der Waals surface area contributed by atoms with E-state index in [0.29, 0.717) is 5.69 Å². The number of urea groups is 1. The van der Waals surface area contributed by atoms with Crippen LogP contribution in [0.4, 0.5) is 16.2 Å². The quantitative estimate of drug-likeness (QED) is 0.769. The maximum absolute atomic E-state index is 13.1. The Labute approximate surface area is 159 Å². The fourth-order valence-corrected chi connectivity index (χ4v) is 4.14. The van der Waals surface area contributed by atoms with Crippen LogP contribution >= 0.6 is 0 Å². The van der Waals surface area contributed by atoms with Crippen LogP contribution in [0.15, 0.2) is 42.5 Å². The normalized spacial score (nSPS) is 16.8. The van der Waals surface area contributed by atoms with Crippen LogP contribution in [0.5, 0.6) is 0 Å². The highest BCUT2D eigenvalue weighted by Gasteiger charge is 2.45. The molecule has 0 bridgehead atoms. The number of fused-ring (bicyclic) bond motifs is 1. The Bertz CT molecular complexity index is 870. The molecule has 3 N–H and O–H groups in total. The number of aryl methyl sites for hydroxylation is 2. The third kappa shape index (κ3) is 3.29. The van der Waals surface area contributed by atoms with Crippen molar-refractivity contribution >= 4 is 23.3 Å².